The second-order valence-corrected chi connectivity index (χ2v) is 8.14. The number of ether oxygens (including phenoxy) is 3. The van der Waals surface area contributed by atoms with Gasteiger partial charge in [0.15, 0.2) is 11.5 Å². The zero-order valence-electron chi connectivity index (χ0n) is 20.2. The van der Waals surface area contributed by atoms with Crippen molar-refractivity contribution >= 4 is 23.4 Å². The maximum atomic E-state index is 12.8. The smallest absolute Gasteiger partial charge is 0.229 e. The molecular weight excluding hydrogens is 448 g/mol. The second-order valence-electron chi connectivity index (χ2n) is 8.14. The zero-order chi connectivity index (χ0) is 24.6. The van der Waals surface area contributed by atoms with Gasteiger partial charge in [-0.1, -0.05) is 0 Å². The Balaban J connectivity index is 1.43. The normalized spacial score (nSPS) is 15.3. The highest BCUT2D eigenvalue weighted by Crippen LogP contribution is 2.40. The maximum Gasteiger partial charge on any atom is 0.229 e. The molecule has 35 heavy (non-hydrogen) atoms. The molecule has 10 nitrogen and oxygen atoms in total. The lowest BCUT2D eigenvalue weighted by molar-refractivity contribution is -0.125. The lowest BCUT2D eigenvalue weighted by Gasteiger charge is -2.33. The van der Waals surface area contributed by atoms with Gasteiger partial charge in [0.2, 0.25) is 17.6 Å². The van der Waals surface area contributed by atoms with Gasteiger partial charge in [-0.15, -0.1) is 0 Å². The van der Waals surface area contributed by atoms with Gasteiger partial charge in [0, 0.05) is 56.0 Å². The van der Waals surface area contributed by atoms with Gasteiger partial charge in [0.25, 0.3) is 0 Å². The molecule has 2 aromatic heterocycles. The molecule has 1 fully saturated rings. The molecule has 4 rings (SSSR count). The Morgan fingerprint density at radius 2 is 1.80 bits per heavy atom. The van der Waals surface area contributed by atoms with Gasteiger partial charge < -0.3 is 29.7 Å². The van der Waals surface area contributed by atoms with E-state index in [4.69, 9.17) is 14.2 Å². The molecule has 0 aliphatic carbocycles. The van der Waals surface area contributed by atoms with E-state index < -0.39 is 0 Å². The summed E-state index contributed by atoms with van der Waals surface area (Å²) in [4.78, 5) is 28.0. The number of carbonyl (C=O) groups is 1. The van der Waals surface area contributed by atoms with Crippen LogP contribution in [-0.2, 0) is 11.3 Å². The molecule has 1 aliphatic heterocycles. The third kappa shape index (κ3) is 5.89. The molecular formula is C25H30N6O4. The number of nitrogens with one attached hydrogen (secondary N) is 2. The molecule has 3 heterocycles. The first-order chi connectivity index (χ1) is 17.1. The fourth-order valence-electron chi connectivity index (χ4n) is 4.10. The van der Waals surface area contributed by atoms with Crippen LogP contribution in [0.2, 0.25) is 0 Å². The molecule has 1 saturated heterocycles. The van der Waals surface area contributed by atoms with Crippen molar-refractivity contribution in [3.05, 3.63) is 54.5 Å². The van der Waals surface area contributed by atoms with Crippen molar-refractivity contribution in [1.29, 1.82) is 0 Å². The highest BCUT2D eigenvalue weighted by atomic mass is 16.5. The van der Waals surface area contributed by atoms with E-state index >= 15 is 0 Å². The summed E-state index contributed by atoms with van der Waals surface area (Å²) in [5, 5.41) is 6.25. The Hall–Kier alpha value is -4.08. The van der Waals surface area contributed by atoms with Crippen LogP contribution in [0.5, 0.6) is 17.2 Å². The first kappa shape index (κ1) is 24.1. The lowest BCUT2D eigenvalue weighted by Crippen LogP contribution is -2.43. The van der Waals surface area contributed by atoms with Crippen molar-refractivity contribution in [1.82, 2.24) is 20.3 Å². The molecule has 0 spiro atoms. The summed E-state index contributed by atoms with van der Waals surface area (Å²) in [6.45, 7) is 1.92. The van der Waals surface area contributed by atoms with Crippen LogP contribution in [0, 0.1) is 5.92 Å². The fraction of sp³-hybridized carbons (Fsp3) is 0.360. The lowest BCUT2D eigenvalue weighted by atomic mass is 9.97. The van der Waals surface area contributed by atoms with Crippen LogP contribution in [0.15, 0.2) is 48.9 Å². The number of carbonyl (C=O) groups excluding carboxylic acids is 1. The van der Waals surface area contributed by atoms with Gasteiger partial charge in [-0.3, -0.25) is 9.78 Å². The predicted octanol–water partition coefficient (Wildman–Crippen LogP) is 3.17. The second kappa shape index (κ2) is 11.4. The average Bonchev–Trinajstić information content (AvgIpc) is 2.92. The Kier molecular flexibility index (Phi) is 7.81. The number of pyridine rings is 1. The van der Waals surface area contributed by atoms with Crippen molar-refractivity contribution in [2.75, 3.05) is 44.6 Å². The van der Waals surface area contributed by atoms with Crippen LogP contribution in [0.1, 0.15) is 18.4 Å². The number of methoxy groups -OCH3 is 3. The van der Waals surface area contributed by atoms with Crippen molar-refractivity contribution in [2.24, 2.45) is 5.92 Å². The summed E-state index contributed by atoms with van der Waals surface area (Å²) in [7, 11) is 4.70. The number of hydrogen-bond acceptors (Lipinski definition) is 9. The van der Waals surface area contributed by atoms with E-state index in [1.54, 1.807) is 52.1 Å². The number of hydrogen-bond donors (Lipinski definition) is 2. The van der Waals surface area contributed by atoms with Gasteiger partial charge in [0.05, 0.1) is 27.2 Å². The Bertz CT molecular complexity index is 1120. The van der Waals surface area contributed by atoms with Crippen LogP contribution in [0.3, 0.4) is 0 Å². The summed E-state index contributed by atoms with van der Waals surface area (Å²) in [6.07, 6.45) is 6.91. The van der Waals surface area contributed by atoms with Crippen molar-refractivity contribution in [2.45, 2.75) is 19.4 Å². The predicted molar refractivity (Wildman–Crippen MR) is 132 cm³/mol. The molecule has 184 valence electrons. The molecule has 1 aromatic carbocycles. The SMILES string of the molecule is COc1cc(Nc2nccc(N3CCCC(C(=O)NCc4ccncc4)C3)n2)cc(OC)c1OC. The molecule has 2 N–H and O–H groups in total. The number of nitrogens with zero attached hydrogens (tertiary/aromatic N) is 4. The quantitative estimate of drug-likeness (QED) is 0.479. The topological polar surface area (TPSA) is 111 Å². The number of rotatable bonds is 9. The van der Waals surface area contributed by atoms with E-state index in [1.165, 1.54) is 0 Å². The van der Waals surface area contributed by atoms with E-state index in [-0.39, 0.29) is 11.8 Å². The van der Waals surface area contributed by atoms with Gasteiger partial charge in [-0.05, 0) is 36.6 Å². The third-order valence-corrected chi connectivity index (χ3v) is 5.89. The molecule has 1 unspecified atom stereocenters. The third-order valence-electron chi connectivity index (χ3n) is 5.89. The number of anilines is 3. The maximum absolute atomic E-state index is 12.8. The van der Waals surface area contributed by atoms with Crippen LogP contribution in [-0.4, -0.2) is 55.3 Å². The zero-order valence-corrected chi connectivity index (χ0v) is 20.2. The van der Waals surface area contributed by atoms with Crippen LogP contribution in [0.4, 0.5) is 17.5 Å². The molecule has 1 amide bonds. The Morgan fingerprint density at radius 3 is 2.49 bits per heavy atom. The monoisotopic (exact) mass is 478 g/mol. The highest BCUT2D eigenvalue weighted by Gasteiger charge is 2.26. The van der Waals surface area contributed by atoms with E-state index in [2.05, 4.69) is 30.5 Å². The van der Waals surface area contributed by atoms with Gasteiger partial charge in [-0.25, -0.2) is 4.98 Å². The summed E-state index contributed by atoms with van der Waals surface area (Å²) < 4.78 is 16.2. The van der Waals surface area contributed by atoms with Crippen LogP contribution in [0.25, 0.3) is 0 Å². The van der Waals surface area contributed by atoms with Crippen molar-refractivity contribution in [3.8, 4) is 17.2 Å². The molecule has 1 aliphatic rings. The molecule has 0 bridgehead atoms. The summed E-state index contributed by atoms with van der Waals surface area (Å²) in [5.41, 5.74) is 1.72. The molecule has 0 radical (unpaired) electrons. The summed E-state index contributed by atoms with van der Waals surface area (Å²) >= 11 is 0. The number of aromatic nitrogens is 3. The van der Waals surface area contributed by atoms with Gasteiger partial charge in [0.1, 0.15) is 5.82 Å². The minimum atomic E-state index is -0.105. The highest BCUT2D eigenvalue weighted by molar-refractivity contribution is 5.79. The summed E-state index contributed by atoms with van der Waals surface area (Å²) in [6, 6.07) is 9.24. The number of piperidine rings is 1. The molecule has 0 saturated carbocycles. The molecule has 1 atom stereocenters. The fourth-order valence-corrected chi connectivity index (χ4v) is 4.10. The van der Waals surface area contributed by atoms with Crippen molar-refractivity contribution in [3.63, 3.8) is 0 Å². The van der Waals surface area contributed by atoms with E-state index in [0.29, 0.717) is 42.0 Å². The van der Waals surface area contributed by atoms with Crippen molar-refractivity contribution < 1.29 is 19.0 Å². The largest absolute Gasteiger partial charge is 0.493 e. The first-order valence-corrected chi connectivity index (χ1v) is 11.4. The standard InChI is InChI=1S/C25H30N6O4/c1-33-20-13-19(14-21(34-2)23(20)35-3)29-25-27-11-8-22(30-25)31-12-4-5-18(16-31)24(32)28-15-17-6-9-26-10-7-17/h6-11,13-14,18H,4-5,12,15-16H2,1-3H3,(H,28,32)(H,27,29,30). The van der Waals surface area contributed by atoms with E-state index in [1.807, 2.05) is 18.2 Å². The Morgan fingerprint density at radius 1 is 1.06 bits per heavy atom. The Labute approximate surface area is 204 Å². The first-order valence-electron chi connectivity index (χ1n) is 11.4. The minimum absolute atomic E-state index is 0.0522. The molecule has 3 aromatic rings. The van der Waals surface area contributed by atoms with Crippen LogP contribution < -0.4 is 29.7 Å². The number of benzene rings is 1. The number of amides is 1. The van der Waals surface area contributed by atoms with E-state index in [9.17, 15) is 4.79 Å². The van der Waals surface area contributed by atoms with Crippen LogP contribution >= 0.6 is 0 Å². The van der Waals surface area contributed by atoms with E-state index in [0.717, 1.165) is 30.8 Å². The average molecular weight is 479 g/mol. The van der Waals surface area contributed by atoms with Gasteiger partial charge >= 0.3 is 0 Å². The molecule has 10 heteroatoms. The van der Waals surface area contributed by atoms with Gasteiger partial charge in [-0.2, -0.15) is 4.98 Å². The summed E-state index contributed by atoms with van der Waals surface area (Å²) in [5.74, 6) is 2.71. The minimum Gasteiger partial charge on any atom is -0.493 e.